The molecule has 0 unspecified atom stereocenters. The first-order valence-electron chi connectivity index (χ1n) is 6.82. The number of ether oxygens (including phenoxy) is 1. The van der Waals surface area contributed by atoms with Gasteiger partial charge in [0.2, 0.25) is 0 Å². The van der Waals surface area contributed by atoms with Crippen LogP contribution in [0.15, 0.2) is 66.7 Å². The van der Waals surface area contributed by atoms with E-state index in [1.54, 1.807) is 24.3 Å². The molecule has 116 valence electrons. The predicted octanol–water partition coefficient (Wildman–Crippen LogP) is 5.08. The summed E-state index contributed by atoms with van der Waals surface area (Å²) in [4.78, 5) is 12.1. The van der Waals surface area contributed by atoms with Gasteiger partial charge in [0.05, 0.1) is 11.1 Å². The van der Waals surface area contributed by atoms with E-state index in [1.165, 1.54) is 12.1 Å². The summed E-state index contributed by atoms with van der Waals surface area (Å²) in [7, 11) is 0. The molecule has 0 spiro atoms. The van der Waals surface area contributed by atoms with Gasteiger partial charge in [-0.05, 0) is 29.7 Å². The largest absolute Gasteiger partial charge is 0.422 e. The standard InChI is InChI=1S/C18H11F3O2/c19-18(20,21)14-8-3-7-13(11-14)17(22)23-16-10-4-6-12-5-1-2-9-15(12)16/h1-11H. The monoisotopic (exact) mass is 316 g/mol. The van der Waals surface area contributed by atoms with Crippen LogP contribution >= 0.6 is 0 Å². The topological polar surface area (TPSA) is 26.3 Å². The van der Waals surface area contributed by atoms with Gasteiger partial charge in [0, 0.05) is 5.39 Å². The average Bonchev–Trinajstić information content (AvgIpc) is 2.54. The zero-order valence-corrected chi connectivity index (χ0v) is 11.8. The molecule has 3 aromatic rings. The molecule has 0 saturated carbocycles. The lowest BCUT2D eigenvalue weighted by Gasteiger charge is -2.10. The number of halogens is 3. The number of carbonyl (C=O) groups excluding carboxylic acids is 1. The third-order valence-electron chi connectivity index (χ3n) is 3.38. The van der Waals surface area contributed by atoms with Gasteiger partial charge >= 0.3 is 12.1 Å². The molecule has 23 heavy (non-hydrogen) atoms. The number of benzene rings is 3. The Bertz CT molecular complexity index is 864. The van der Waals surface area contributed by atoms with E-state index in [0.29, 0.717) is 5.75 Å². The van der Waals surface area contributed by atoms with Gasteiger partial charge < -0.3 is 4.74 Å². The van der Waals surface area contributed by atoms with Crippen molar-refractivity contribution < 1.29 is 22.7 Å². The summed E-state index contributed by atoms with van der Waals surface area (Å²) in [5, 5.41) is 1.59. The maximum Gasteiger partial charge on any atom is 0.416 e. The highest BCUT2D eigenvalue weighted by molar-refractivity contribution is 5.95. The van der Waals surface area contributed by atoms with E-state index < -0.39 is 17.7 Å². The Hall–Kier alpha value is -2.82. The minimum atomic E-state index is -4.50. The molecule has 0 amide bonds. The fraction of sp³-hybridized carbons (Fsp3) is 0.0556. The first-order chi connectivity index (χ1) is 10.9. The van der Waals surface area contributed by atoms with Crippen molar-refractivity contribution in [2.75, 3.05) is 0 Å². The number of hydrogen-bond acceptors (Lipinski definition) is 2. The molecule has 3 rings (SSSR count). The van der Waals surface area contributed by atoms with E-state index in [0.717, 1.165) is 22.9 Å². The molecule has 5 heteroatoms. The zero-order chi connectivity index (χ0) is 16.4. The molecule has 0 aliphatic rings. The van der Waals surface area contributed by atoms with Crippen LogP contribution in [0, 0.1) is 0 Å². The maximum atomic E-state index is 12.7. The number of alkyl halides is 3. The van der Waals surface area contributed by atoms with Crippen LogP contribution in [0.1, 0.15) is 15.9 Å². The Balaban J connectivity index is 1.92. The van der Waals surface area contributed by atoms with Gasteiger partial charge in [0.15, 0.2) is 0 Å². The van der Waals surface area contributed by atoms with Gasteiger partial charge in [-0.3, -0.25) is 0 Å². The smallest absolute Gasteiger partial charge is 0.416 e. The lowest BCUT2D eigenvalue weighted by atomic mass is 10.1. The van der Waals surface area contributed by atoms with Crippen LogP contribution in [-0.2, 0) is 6.18 Å². The Morgan fingerprint density at radius 3 is 2.35 bits per heavy atom. The van der Waals surface area contributed by atoms with Gasteiger partial charge in [0.1, 0.15) is 5.75 Å². The molecule has 0 bridgehead atoms. The number of hydrogen-bond donors (Lipinski definition) is 0. The van der Waals surface area contributed by atoms with Crippen molar-refractivity contribution in [3.8, 4) is 5.75 Å². The summed E-state index contributed by atoms with van der Waals surface area (Å²) in [6.45, 7) is 0. The molecule has 0 aliphatic heterocycles. The van der Waals surface area contributed by atoms with Crippen molar-refractivity contribution in [2.45, 2.75) is 6.18 Å². The first-order valence-corrected chi connectivity index (χ1v) is 6.82. The third-order valence-corrected chi connectivity index (χ3v) is 3.38. The maximum absolute atomic E-state index is 12.7. The summed E-state index contributed by atoms with van der Waals surface area (Å²) < 4.78 is 43.4. The highest BCUT2D eigenvalue weighted by atomic mass is 19.4. The van der Waals surface area contributed by atoms with E-state index in [2.05, 4.69) is 0 Å². The van der Waals surface area contributed by atoms with Gasteiger partial charge in [0.25, 0.3) is 0 Å². The predicted molar refractivity (Wildman–Crippen MR) is 80.4 cm³/mol. The molecule has 0 aliphatic carbocycles. The molecular formula is C18H11F3O2. The van der Waals surface area contributed by atoms with Crippen LogP contribution in [0.3, 0.4) is 0 Å². The SMILES string of the molecule is O=C(Oc1cccc2ccccc12)c1cccc(C(F)(F)F)c1. The minimum absolute atomic E-state index is 0.146. The van der Waals surface area contributed by atoms with Crippen molar-refractivity contribution in [3.05, 3.63) is 77.9 Å². The summed E-state index contributed by atoms with van der Waals surface area (Å²) in [6, 6.07) is 16.6. The number of fused-ring (bicyclic) bond motifs is 1. The molecule has 3 aromatic carbocycles. The van der Waals surface area contributed by atoms with Crippen LogP contribution in [0.5, 0.6) is 5.75 Å². The summed E-state index contributed by atoms with van der Waals surface area (Å²) in [5.41, 5.74) is -1.03. The number of rotatable bonds is 2. The molecule has 0 N–H and O–H groups in total. The van der Waals surface area contributed by atoms with E-state index in [-0.39, 0.29) is 5.56 Å². The van der Waals surface area contributed by atoms with E-state index >= 15 is 0 Å². The van der Waals surface area contributed by atoms with E-state index in [9.17, 15) is 18.0 Å². The summed E-state index contributed by atoms with van der Waals surface area (Å²) in [6.07, 6.45) is -4.50. The van der Waals surface area contributed by atoms with Gasteiger partial charge in [-0.2, -0.15) is 13.2 Å². The highest BCUT2D eigenvalue weighted by Crippen LogP contribution is 2.30. The Kier molecular flexibility index (Phi) is 3.78. The van der Waals surface area contributed by atoms with Crippen LogP contribution in [0.4, 0.5) is 13.2 Å². The van der Waals surface area contributed by atoms with Crippen LogP contribution in [-0.4, -0.2) is 5.97 Å². The molecule has 0 atom stereocenters. The molecule has 0 radical (unpaired) electrons. The lowest BCUT2D eigenvalue weighted by molar-refractivity contribution is -0.137. The highest BCUT2D eigenvalue weighted by Gasteiger charge is 2.31. The molecular weight excluding hydrogens is 305 g/mol. The molecule has 0 saturated heterocycles. The van der Waals surface area contributed by atoms with Crippen LogP contribution in [0.25, 0.3) is 10.8 Å². The lowest BCUT2D eigenvalue weighted by Crippen LogP contribution is -2.11. The second-order valence-electron chi connectivity index (χ2n) is 4.95. The fourth-order valence-electron chi connectivity index (χ4n) is 2.27. The van der Waals surface area contributed by atoms with Crippen molar-refractivity contribution in [2.24, 2.45) is 0 Å². The Morgan fingerprint density at radius 1 is 0.870 bits per heavy atom. The zero-order valence-electron chi connectivity index (χ0n) is 11.8. The minimum Gasteiger partial charge on any atom is -0.422 e. The van der Waals surface area contributed by atoms with Gasteiger partial charge in [-0.1, -0.05) is 42.5 Å². The van der Waals surface area contributed by atoms with Crippen LogP contribution < -0.4 is 4.74 Å². The average molecular weight is 316 g/mol. The van der Waals surface area contributed by atoms with Crippen LogP contribution in [0.2, 0.25) is 0 Å². The number of esters is 1. The molecule has 2 nitrogen and oxygen atoms in total. The summed E-state index contributed by atoms with van der Waals surface area (Å²) >= 11 is 0. The van der Waals surface area contributed by atoms with Gasteiger partial charge in [-0.15, -0.1) is 0 Å². The van der Waals surface area contributed by atoms with Crippen molar-refractivity contribution in [3.63, 3.8) is 0 Å². The molecule has 0 aromatic heterocycles. The molecule has 0 heterocycles. The quantitative estimate of drug-likeness (QED) is 0.487. The first kappa shape index (κ1) is 15.1. The summed E-state index contributed by atoms with van der Waals surface area (Å²) in [5.74, 6) is -0.516. The van der Waals surface area contributed by atoms with Crippen molar-refractivity contribution in [1.29, 1.82) is 0 Å². The van der Waals surface area contributed by atoms with Gasteiger partial charge in [-0.25, -0.2) is 4.79 Å². The van der Waals surface area contributed by atoms with E-state index in [4.69, 9.17) is 4.74 Å². The third kappa shape index (κ3) is 3.18. The fourth-order valence-corrected chi connectivity index (χ4v) is 2.27. The van der Waals surface area contributed by atoms with E-state index in [1.807, 2.05) is 18.2 Å². The second-order valence-corrected chi connectivity index (χ2v) is 4.95. The number of carbonyl (C=O) groups is 1. The van der Waals surface area contributed by atoms with Crippen molar-refractivity contribution >= 4 is 16.7 Å². The second kappa shape index (κ2) is 5.76. The Morgan fingerprint density at radius 2 is 1.57 bits per heavy atom. The van der Waals surface area contributed by atoms with Crippen molar-refractivity contribution in [1.82, 2.24) is 0 Å². The Labute approximate surface area is 130 Å². The normalized spacial score (nSPS) is 11.4. The molecule has 0 fully saturated rings.